The summed E-state index contributed by atoms with van der Waals surface area (Å²) in [5, 5.41) is 3.06. The van der Waals surface area contributed by atoms with Crippen LogP contribution in [0.15, 0.2) is 48.8 Å². The van der Waals surface area contributed by atoms with Gasteiger partial charge in [0.05, 0.1) is 17.2 Å². The number of aromatic nitrogens is 3. The largest absolute Gasteiger partial charge is 0.338 e. The maximum atomic E-state index is 12.6. The second kappa shape index (κ2) is 8.00. The molecule has 6 heteroatoms. The minimum absolute atomic E-state index is 0.0207. The van der Waals surface area contributed by atoms with Crippen LogP contribution in [0.5, 0.6) is 0 Å². The highest BCUT2D eigenvalue weighted by atomic mass is 16.2. The van der Waals surface area contributed by atoms with Gasteiger partial charge in [-0.3, -0.25) is 4.98 Å². The van der Waals surface area contributed by atoms with Gasteiger partial charge >= 0.3 is 6.03 Å². The van der Waals surface area contributed by atoms with E-state index in [4.69, 9.17) is 4.98 Å². The summed E-state index contributed by atoms with van der Waals surface area (Å²) >= 11 is 0. The highest BCUT2D eigenvalue weighted by Gasteiger charge is 2.31. The lowest BCUT2D eigenvalue weighted by molar-refractivity contribution is 0.208. The zero-order valence-corrected chi connectivity index (χ0v) is 16.5. The molecule has 4 rings (SSSR count). The van der Waals surface area contributed by atoms with Crippen molar-refractivity contribution in [3.05, 3.63) is 60.2 Å². The molecular formula is C22H27N5O. The highest BCUT2D eigenvalue weighted by molar-refractivity contribution is 5.76. The Morgan fingerprint density at radius 2 is 2.07 bits per heavy atom. The molecule has 3 heterocycles. The number of carbonyl (C=O) groups excluding carboxylic acids is 1. The molecule has 2 aromatic heterocycles. The van der Waals surface area contributed by atoms with E-state index in [2.05, 4.69) is 40.8 Å². The molecule has 0 bridgehead atoms. The van der Waals surface area contributed by atoms with Crippen LogP contribution in [0.3, 0.4) is 0 Å². The van der Waals surface area contributed by atoms with E-state index in [1.165, 1.54) is 5.56 Å². The van der Waals surface area contributed by atoms with Crippen molar-refractivity contribution in [3.8, 4) is 0 Å². The average Bonchev–Trinajstić information content (AvgIpc) is 3.33. The molecule has 1 aromatic carbocycles. The summed E-state index contributed by atoms with van der Waals surface area (Å²) in [6.45, 7) is 6.46. The lowest BCUT2D eigenvalue weighted by Crippen LogP contribution is -2.39. The Kier molecular flexibility index (Phi) is 5.28. The first-order chi connectivity index (χ1) is 13.6. The van der Waals surface area contributed by atoms with Crippen LogP contribution >= 0.6 is 0 Å². The molecule has 1 atom stereocenters. The Balaban J connectivity index is 1.41. The van der Waals surface area contributed by atoms with E-state index in [0.717, 1.165) is 36.2 Å². The predicted molar refractivity (Wildman–Crippen MR) is 110 cm³/mol. The fourth-order valence-corrected chi connectivity index (χ4v) is 4.02. The first kappa shape index (κ1) is 18.5. The van der Waals surface area contributed by atoms with E-state index < -0.39 is 0 Å². The zero-order valence-electron chi connectivity index (χ0n) is 16.5. The van der Waals surface area contributed by atoms with Gasteiger partial charge in [0.15, 0.2) is 0 Å². The molecule has 0 aliphatic carbocycles. The van der Waals surface area contributed by atoms with Gasteiger partial charge in [0, 0.05) is 37.8 Å². The van der Waals surface area contributed by atoms with Crippen molar-refractivity contribution in [2.75, 3.05) is 19.6 Å². The predicted octanol–water partition coefficient (Wildman–Crippen LogP) is 3.75. The van der Waals surface area contributed by atoms with Crippen molar-refractivity contribution in [1.82, 2.24) is 24.8 Å². The smallest absolute Gasteiger partial charge is 0.317 e. The second-order valence-electron chi connectivity index (χ2n) is 7.70. The number of urea groups is 1. The summed E-state index contributed by atoms with van der Waals surface area (Å²) < 4.78 is 2.27. The van der Waals surface area contributed by atoms with E-state index in [1.54, 1.807) is 6.20 Å². The number of hydrogen-bond donors (Lipinski definition) is 1. The number of benzene rings is 1. The molecule has 0 unspecified atom stereocenters. The Bertz CT molecular complexity index is 950. The molecule has 0 saturated carbocycles. The van der Waals surface area contributed by atoms with Gasteiger partial charge in [-0.05, 0) is 38.3 Å². The molecule has 1 aliphatic rings. The van der Waals surface area contributed by atoms with Gasteiger partial charge in [0.1, 0.15) is 5.82 Å². The standard InChI is InChI=1S/C22H27N5O/c1-16(2)27-20-14-23-11-9-19(20)25-21(27)18-10-13-26(15-18)22(28)24-12-8-17-6-4-3-5-7-17/h3-7,9,11,14,16,18H,8,10,12-13,15H2,1-2H3,(H,24,28)/t18-/m1/s1. The molecule has 0 radical (unpaired) electrons. The number of carbonyl (C=O) groups is 1. The molecule has 1 aliphatic heterocycles. The summed E-state index contributed by atoms with van der Waals surface area (Å²) in [4.78, 5) is 23.6. The molecule has 3 aromatic rings. The lowest BCUT2D eigenvalue weighted by atomic mass is 10.1. The summed E-state index contributed by atoms with van der Waals surface area (Å²) in [7, 11) is 0. The first-order valence-electron chi connectivity index (χ1n) is 10.0. The molecule has 2 amide bonds. The number of fused-ring (bicyclic) bond motifs is 1. The van der Waals surface area contributed by atoms with Crippen molar-refractivity contribution in [1.29, 1.82) is 0 Å². The van der Waals surface area contributed by atoms with Crippen molar-refractivity contribution >= 4 is 17.1 Å². The number of pyridine rings is 1. The van der Waals surface area contributed by atoms with Gasteiger partial charge in [-0.15, -0.1) is 0 Å². The van der Waals surface area contributed by atoms with E-state index in [9.17, 15) is 4.79 Å². The van der Waals surface area contributed by atoms with Crippen LogP contribution < -0.4 is 5.32 Å². The summed E-state index contributed by atoms with van der Waals surface area (Å²) in [5.74, 6) is 1.33. The third-order valence-corrected chi connectivity index (χ3v) is 5.41. The van der Waals surface area contributed by atoms with Crippen LogP contribution in [0.4, 0.5) is 4.79 Å². The number of likely N-dealkylation sites (tertiary alicyclic amines) is 1. The van der Waals surface area contributed by atoms with E-state index in [1.807, 2.05) is 35.4 Å². The van der Waals surface area contributed by atoms with E-state index in [-0.39, 0.29) is 11.9 Å². The monoisotopic (exact) mass is 377 g/mol. The van der Waals surface area contributed by atoms with Crippen LogP contribution in [0.1, 0.15) is 43.6 Å². The number of imidazole rings is 1. The second-order valence-corrected chi connectivity index (χ2v) is 7.70. The normalized spacial score (nSPS) is 16.8. The van der Waals surface area contributed by atoms with Crippen LogP contribution in [-0.2, 0) is 6.42 Å². The van der Waals surface area contributed by atoms with Gasteiger partial charge < -0.3 is 14.8 Å². The van der Waals surface area contributed by atoms with Crippen molar-refractivity contribution in [2.45, 2.75) is 38.6 Å². The maximum absolute atomic E-state index is 12.6. The summed E-state index contributed by atoms with van der Waals surface area (Å²) in [5.41, 5.74) is 3.28. The van der Waals surface area contributed by atoms with Crippen LogP contribution in [-0.4, -0.2) is 45.1 Å². The third kappa shape index (κ3) is 3.72. The number of nitrogens with one attached hydrogen (secondary N) is 1. The average molecular weight is 377 g/mol. The van der Waals surface area contributed by atoms with Crippen LogP contribution in [0, 0.1) is 0 Å². The van der Waals surface area contributed by atoms with Gasteiger partial charge in [-0.2, -0.15) is 0 Å². The number of nitrogens with zero attached hydrogens (tertiary/aromatic N) is 4. The van der Waals surface area contributed by atoms with Gasteiger partial charge in [-0.1, -0.05) is 30.3 Å². The zero-order chi connectivity index (χ0) is 19.5. The summed E-state index contributed by atoms with van der Waals surface area (Å²) in [6, 6.07) is 12.5. The molecule has 0 spiro atoms. The van der Waals surface area contributed by atoms with Crippen LogP contribution in [0.2, 0.25) is 0 Å². The first-order valence-corrected chi connectivity index (χ1v) is 10.0. The van der Waals surface area contributed by atoms with E-state index >= 15 is 0 Å². The minimum Gasteiger partial charge on any atom is -0.338 e. The van der Waals surface area contributed by atoms with Gasteiger partial charge in [-0.25, -0.2) is 9.78 Å². The number of amides is 2. The summed E-state index contributed by atoms with van der Waals surface area (Å²) in [6.07, 6.45) is 5.45. The molecule has 28 heavy (non-hydrogen) atoms. The fourth-order valence-electron chi connectivity index (χ4n) is 4.02. The Labute approximate surface area is 165 Å². The fraction of sp³-hybridized carbons (Fsp3) is 0.409. The minimum atomic E-state index is 0.0207. The highest BCUT2D eigenvalue weighted by Crippen LogP contribution is 2.31. The number of hydrogen-bond acceptors (Lipinski definition) is 3. The molecule has 1 saturated heterocycles. The van der Waals surface area contributed by atoms with Crippen molar-refractivity contribution < 1.29 is 4.79 Å². The van der Waals surface area contributed by atoms with Crippen LogP contribution in [0.25, 0.3) is 11.0 Å². The Hall–Kier alpha value is -2.89. The molecule has 146 valence electrons. The molecule has 6 nitrogen and oxygen atoms in total. The Morgan fingerprint density at radius 3 is 2.86 bits per heavy atom. The maximum Gasteiger partial charge on any atom is 0.317 e. The molecule has 1 N–H and O–H groups in total. The van der Waals surface area contributed by atoms with E-state index in [0.29, 0.717) is 19.1 Å². The topological polar surface area (TPSA) is 63.1 Å². The molecular weight excluding hydrogens is 350 g/mol. The lowest BCUT2D eigenvalue weighted by Gasteiger charge is -2.19. The van der Waals surface area contributed by atoms with Crippen molar-refractivity contribution in [2.24, 2.45) is 0 Å². The molecule has 1 fully saturated rings. The number of rotatable bonds is 5. The van der Waals surface area contributed by atoms with Gasteiger partial charge in [0.2, 0.25) is 0 Å². The van der Waals surface area contributed by atoms with Gasteiger partial charge in [0.25, 0.3) is 0 Å². The Morgan fingerprint density at radius 1 is 1.25 bits per heavy atom. The SMILES string of the molecule is CC(C)n1c([C@@H]2CCN(C(=O)NCCc3ccccc3)C2)nc2ccncc21. The van der Waals surface area contributed by atoms with Crippen molar-refractivity contribution in [3.63, 3.8) is 0 Å². The third-order valence-electron chi connectivity index (χ3n) is 5.41. The quantitative estimate of drug-likeness (QED) is 0.736.